The summed E-state index contributed by atoms with van der Waals surface area (Å²) in [6.45, 7) is 1.38. The van der Waals surface area contributed by atoms with Gasteiger partial charge in [0, 0.05) is 6.54 Å². The molecule has 1 aromatic rings. The van der Waals surface area contributed by atoms with Crippen LogP contribution in [0.25, 0.3) is 0 Å². The number of aromatic carboxylic acids is 1. The monoisotopic (exact) mass is 169 g/mol. The van der Waals surface area contributed by atoms with Crippen molar-refractivity contribution >= 4 is 5.97 Å². The number of hydrogen-bond acceptors (Lipinski definition) is 4. The minimum absolute atomic E-state index is 0.00620. The molecule has 0 radical (unpaired) electrons. The minimum Gasteiger partial charge on any atom is -0.475 e. The zero-order valence-electron chi connectivity index (χ0n) is 6.23. The van der Waals surface area contributed by atoms with Gasteiger partial charge >= 0.3 is 5.97 Å². The van der Waals surface area contributed by atoms with E-state index in [2.05, 4.69) is 10.2 Å². The van der Waals surface area contributed by atoms with Crippen LogP contribution >= 0.6 is 0 Å². The number of hydrogen-bond donors (Lipinski definition) is 1. The third-order valence-electron chi connectivity index (χ3n) is 1.71. The molecule has 1 N–H and O–H groups in total. The second-order valence-corrected chi connectivity index (χ2v) is 2.45. The fraction of sp³-hybridized carbons (Fsp3) is 0.500. The second kappa shape index (κ2) is 2.56. The third-order valence-corrected chi connectivity index (χ3v) is 1.71. The molecule has 0 atom stereocenters. The molecule has 1 aromatic heterocycles. The number of aromatic nitrogens is 3. The molecular formula is C6H7N3O3. The average Bonchev–Trinajstić information content (AvgIpc) is 2.47. The number of carboxylic acid groups (broad SMARTS) is 1. The molecule has 0 amide bonds. The van der Waals surface area contributed by atoms with Crippen molar-refractivity contribution < 1.29 is 14.6 Å². The summed E-state index contributed by atoms with van der Waals surface area (Å²) in [5.74, 6) is -0.470. The van der Waals surface area contributed by atoms with E-state index in [0.29, 0.717) is 25.6 Å². The topological polar surface area (TPSA) is 77.2 Å². The molecule has 0 saturated heterocycles. The van der Waals surface area contributed by atoms with Gasteiger partial charge in [0.1, 0.15) is 6.61 Å². The maximum atomic E-state index is 10.6. The molecule has 0 spiro atoms. The van der Waals surface area contributed by atoms with Crippen LogP contribution in [0.15, 0.2) is 0 Å². The Morgan fingerprint density at radius 3 is 3.17 bits per heavy atom. The first-order valence-corrected chi connectivity index (χ1v) is 3.52. The van der Waals surface area contributed by atoms with E-state index in [9.17, 15) is 4.79 Å². The number of rotatable bonds is 1. The van der Waals surface area contributed by atoms with E-state index in [1.54, 1.807) is 4.57 Å². The first kappa shape index (κ1) is 7.23. The second-order valence-electron chi connectivity index (χ2n) is 2.45. The third kappa shape index (κ3) is 0.964. The molecular weight excluding hydrogens is 162 g/mol. The molecule has 0 unspecified atom stereocenters. The summed E-state index contributed by atoms with van der Waals surface area (Å²) < 4.78 is 6.63. The van der Waals surface area contributed by atoms with Gasteiger partial charge in [-0.05, 0) is 0 Å². The van der Waals surface area contributed by atoms with E-state index in [1.165, 1.54) is 0 Å². The number of carboxylic acids is 1. The van der Waals surface area contributed by atoms with Crippen LogP contribution in [-0.4, -0.2) is 32.4 Å². The van der Waals surface area contributed by atoms with Gasteiger partial charge in [-0.1, -0.05) is 0 Å². The van der Waals surface area contributed by atoms with Crippen LogP contribution in [0.4, 0.5) is 0 Å². The Morgan fingerprint density at radius 2 is 2.42 bits per heavy atom. The molecule has 0 fully saturated rings. The highest BCUT2D eigenvalue weighted by atomic mass is 16.5. The van der Waals surface area contributed by atoms with E-state index >= 15 is 0 Å². The van der Waals surface area contributed by atoms with Crippen molar-refractivity contribution in [2.45, 2.75) is 13.2 Å². The molecule has 1 aliphatic rings. The van der Waals surface area contributed by atoms with Crippen LogP contribution in [-0.2, 0) is 17.9 Å². The Bertz CT molecular complexity index is 320. The van der Waals surface area contributed by atoms with Gasteiger partial charge in [-0.3, -0.25) is 0 Å². The van der Waals surface area contributed by atoms with Crippen LogP contribution < -0.4 is 0 Å². The van der Waals surface area contributed by atoms with Gasteiger partial charge in [-0.2, -0.15) is 0 Å². The summed E-state index contributed by atoms with van der Waals surface area (Å²) in [4.78, 5) is 10.6. The molecule has 0 aromatic carbocycles. The Morgan fingerprint density at radius 1 is 1.58 bits per heavy atom. The summed E-state index contributed by atoms with van der Waals surface area (Å²) in [6.07, 6.45) is 0. The van der Waals surface area contributed by atoms with Crippen LogP contribution in [0.1, 0.15) is 16.4 Å². The lowest BCUT2D eigenvalue weighted by molar-refractivity contribution is 0.0637. The Labute approximate surface area is 67.8 Å². The average molecular weight is 169 g/mol. The van der Waals surface area contributed by atoms with Gasteiger partial charge < -0.3 is 14.4 Å². The standard InChI is InChI=1S/C6H7N3O3/c10-6(11)5-8-7-4-3-12-2-1-9(4)5/h1-3H2,(H,10,11). The Balaban J connectivity index is 2.44. The van der Waals surface area contributed by atoms with Gasteiger partial charge in [-0.15, -0.1) is 10.2 Å². The molecule has 64 valence electrons. The van der Waals surface area contributed by atoms with Gasteiger partial charge in [0.15, 0.2) is 5.82 Å². The highest BCUT2D eigenvalue weighted by Gasteiger charge is 2.19. The lowest BCUT2D eigenvalue weighted by Gasteiger charge is -2.13. The van der Waals surface area contributed by atoms with Gasteiger partial charge in [-0.25, -0.2) is 4.79 Å². The quantitative estimate of drug-likeness (QED) is 0.613. The van der Waals surface area contributed by atoms with E-state index in [-0.39, 0.29) is 5.82 Å². The lowest BCUT2D eigenvalue weighted by atomic mass is 10.4. The molecule has 0 bridgehead atoms. The van der Waals surface area contributed by atoms with Crippen molar-refractivity contribution in [2.75, 3.05) is 6.61 Å². The molecule has 12 heavy (non-hydrogen) atoms. The van der Waals surface area contributed by atoms with E-state index in [4.69, 9.17) is 9.84 Å². The minimum atomic E-state index is -1.05. The number of ether oxygens (including phenoxy) is 1. The molecule has 6 nitrogen and oxygen atoms in total. The highest BCUT2D eigenvalue weighted by molar-refractivity contribution is 5.83. The fourth-order valence-electron chi connectivity index (χ4n) is 1.15. The van der Waals surface area contributed by atoms with Gasteiger partial charge in [0.25, 0.3) is 0 Å². The van der Waals surface area contributed by atoms with Gasteiger partial charge in [0.05, 0.1) is 6.61 Å². The summed E-state index contributed by atoms with van der Waals surface area (Å²) in [5.41, 5.74) is 0. The smallest absolute Gasteiger partial charge is 0.374 e. The van der Waals surface area contributed by atoms with Crippen molar-refractivity contribution in [2.24, 2.45) is 0 Å². The summed E-state index contributed by atoms with van der Waals surface area (Å²) >= 11 is 0. The van der Waals surface area contributed by atoms with Crippen molar-refractivity contribution in [1.29, 1.82) is 0 Å². The van der Waals surface area contributed by atoms with Crippen LogP contribution in [0.3, 0.4) is 0 Å². The number of fused-ring (bicyclic) bond motifs is 1. The largest absolute Gasteiger partial charge is 0.475 e. The first-order valence-electron chi connectivity index (χ1n) is 3.52. The Hall–Kier alpha value is -1.43. The van der Waals surface area contributed by atoms with Crippen LogP contribution in [0, 0.1) is 0 Å². The zero-order chi connectivity index (χ0) is 8.55. The summed E-state index contributed by atoms with van der Waals surface area (Å²) in [6, 6.07) is 0. The molecule has 1 aliphatic heterocycles. The zero-order valence-corrected chi connectivity index (χ0v) is 6.23. The Kier molecular flexibility index (Phi) is 1.54. The molecule has 2 rings (SSSR count). The lowest BCUT2D eigenvalue weighted by Crippen LogP contribution is -2.20. The predicted octanol–water partition coefficient (Wildman–Crippen LogP) is -0.494. The SMILES string of the molecule is O=C(O)c1nnc2n1CCOC2. The summed E-state index contributed by atoms with van der Waals surface area (Å²) in [7, 11) is 0. The van der Waals surface area contributed by atoms with Crippen molar-refractivity contribution in [3.63, 3.8) is 0 Å². The van der Waals surface area contributed by atoms with E-state index in [0.717, 1.165) is 0 Å². The summed E-state index contributed by atoms with van der Waals surface area (Å²) in [5, 5.41) is 15.9. The number of nitrogens with zero attached hydrogens (tertiary/aromatic N) is 3. The van der Waals surface area contributed by atoms with Crippen molar-refractivity contribution in [3.05, 3.63) is 11.6 Å². The normalized spacial score (nSPS) is 15.7. The molecule has 6 heteroatoms. The molecule has 2 heterocycles. The molecule has 0 saturated carbocycles. The molecule has 0 aliphatic carbocycles. The maximum absolute atomic E-state index is 10.6. The fourth-order valence-corrected chi connectivity index (χ4v) is 1.15. The van der Waals surface area contributed by atoms with Crippen LogP contribution in [0.5, 0.6) is 0 Å². The van der Waals surface area contributed by atoms with E-state index in [1.807, 2.05) is 0 Å². The van der Waals surface area contributed by atoms with Crippen LogP contribution in [0.2, 0.25) is 0 Å². The van der Waals surface area contributed by atoms with Crippen molar-refractivity contribution in [3.8, 4) is 0 Å². The van der Waals surface area contributed by atoms with Gasteiger partial charge in [0.2, 0.25) is 5.82 Å². The maximum Gasteiger partial charge on any atom is 0.374 e. The van der Waals surface area contributed by atoms with Crippen molar-refractivity contribution in [1.82, 2.24) is 14.8 Å². The predicted molar refractivity (Wildman–Crippen MR) is 36.6 cm³/mol. The number of carbonyl (C=O) groups is 1. The van der Waals surface area contributed by atoms with E-state index < -0.39 is 5.97 Å². The first-order chi connectivity index (χ1) is 5.79. The highest BCUT2D eigenvalue weighted by Crippen LogP contribution is 2.08.